The Morgan fingerprint density at radius 2 is 2.40 bits per heavy atom. The van der Waals surface area contributed by atoms with E-state index in [1.54, 1.807) is 18.3 Å². The summed E-state index contributed by atoms with van der Waals surface area (Å²) in [5.74, 6) is 2.37. The Balaban J connectivity index is 2.62. The molecule has 0 aliphatic rings. The summed E-state index contributed by atoms with van der Waals surface area (Å²) in [5.41, 5.74) is 1.45. The monoisotopic (exact) mass is 202 g/mol. The number of carbonyl (C=O) groups is 1. The average Bonchev–Trinajstić information content (AvgIpc) is 2.18. The molecule has 1 heterocycles. The van der Waals surface area contributed by atoms with E-state index in [1.807, 2.05) is 13.8 Å². The zero-order valence-electron chi connectivity index (χ0n) is 8.95. The van der Waals surface area contributed by atoms with Crippen LogP contribution in [0, 0.1) is 19.3 Å². The zero-order valence-corrected chi connectivity index (χ0v) is 8.95. The molecule has 1 aromatic rings. The van der Waals surface area contributed by atoms with Crippen LogP contribution in [0.4, 0.5) is 0 Å². The number of hydrogen-bond donors (Lipinski definition) is 1. The predicted octanol–water partition coefficient (Wildman–Crippen LogP) is 1.53. The molecule has 78 valence electrons. The number of hydrogen-bond acceptors (Lipinski definition) is 2. The molecule has 0 aliphatic heterocycles. The summed E-state index contributed by atoms with van der Waals surface area (Å²) in [4.78, 5) is 15.7. The van der Waals surface area contributed by atoms with Gasteiger partial charge in [0, 0.05) is 24.4 Å². The van der Waals surface area contributed by atoms with Crippen LogP contribution in [0.25, 0.3) is 0 Å². The minimum Gasteiger partial charge on any atom is -0.349 e. The van der Waals surface area contributed by atoms with Gasteiger partial charge in [-0.3, -0.25) is 9.78 Å². The lowest BCUT2D eigenvalue weighted by atomic mass is 10.2. The fourth-order valence-electron chi connectivity index (χ4n) is 1.14. The summed E-state index contributed by atoms with van der Waals surface area (Å²) in [7, 11) is 0. The van der Waals surface area contributed by atoms with E-state index in [-0.39, 0.29) is 11.9 Å². The molecule has 1 atom stereocenters. The maximum Gasteiger partial charge on any atom is 0.253 e. The fraction of sp³-hybridized carbons (Fsp3) is 0.333. The standard InChI is InChI=1S/C12H14N2O/c1-4-5-10(3)14-12(15)11-7-6-9(2)13-8-11/h1,6-8,10H,5H2,2-3H3,(H,14,15). The number of pyridine rings is 1. The molecule has 0 fully saturated rings. The molecule has 3 nitrogen and oxygen atoms in total. The summed E-state index contributed by atoms with van der Waals surface area (Å²) < 4.78 is 0. The van der Waals surface area contributed by atoms with E-state index in [9.17, 15) is 4.79 Å². The number of nitrogens with one attached hydrogen (secondary N) is 1. The first-order chi connectivity index (χ1) is 7.13. The lowest BCUT2D eigenvalue weighted by molar-refractivity contribution is 0.0940. The quantitative estimate of drug-likeness (QED) is 0.755. The summed E-state index contributed by atoms with van der Waals surface area (Å²) in [5, 5.41) is 2.80. The Labute approximate surface area is 89.9 Å². The van der Waals surface area contributed by atoms with Crippen LogP contribution in [0.5, 0.6) is 0 Å². The largest absolute Gasteiger partial charge is 0.349 e. The van der Waals surface area contributed by atoms with Gasteiger partial charge >= 0.3 is 0 Å². The highest BCUT2D eigenvalue weighted by atomic mass is 16.1. The Morgan fingerprint density at radius 3 is 2.93 bits per heavy atom. The Bertz CT molecular complexity index is 376. The minimum absolute atomic E-state index is 0.0104. The van der Waals surface area contributed by atoms with E-state index in [2.05, 4.69) is 16.2 Å². The van der Waals surface area contributed by atoms with Crippen molar-refractivity contribution in [3.8, 4) is 12.3 Å². The maximum absolute atomic E-state index is 11.6. The Kier molecular flexibility index (Phi) is 3.87. The molecule has 0 bridgehead atoms. The lowest BCUT2D eigenvalue weighted by Gasteiger charge is -2.10. The molecular formula is C12H14N2O. The molecule has 0 aromatic carbocycles. The number of nitrogens with zero attached hydrogens (tertiary/aromatic N) is 1. The van der Waals surface area contributed by atoms with Crippen LogP contribution in [0.2, 0.25) is 0 Å². The molecule has 1 amide bonds. The first-order valence-corrected chi connectivity index (χ1v) is 4.80. The van der Waals surface area contributed by atoms with Crippen molar-refractivity contribution in [3.63, 3.8) is 0 Å². The highest BCUT2D eigenvalue weighted by Gasteiger charge is 2.08. The molecular weight excluding hydrogens is 188 g/mol. The van der Waals surface area contributed by atoms with Gasteiger partial charge in [-0.2, -0.15) is 0 Å². The second-order valence-electron chi connectivity index (χ2n) is 3.47. The summed E-state index contributed by atoms with van der Waals surface area (Å²) in [6, 6.07) is 3.55. The first-order valence-electron chi connectivity index (χ1n) is 4.80. The van der Waals surface area contributed by atoms with Crippen molar-refractivity contribution in [2.24, 2.45) is 0 Å². The maximum atomic E-state index is 11.6. The third kappa shape index (κ3) is 3.43. The molecule has 0 saturated carbocycles. The molecule has 15 heavy (non-hydrogen) atoms. The summed E-state index contributed by atoms with van der Waals surface area (Å²) in [6.07, 6.45) is 7.25. The molecule has 1 unspecified atom stereocenters. The van der Waals surface area contributed by atoms with Gasteiger partial charge in [-0.05, 0) is 26.0 Å². The third-order valence-corrected chi connectivity index (χ3v) is 1.98. The van der Waals surface area contributed by atoms with Crippen molar-refractivity contribution in [2.45, 2.75) is 26.3 Å². The van der Waals surface area contributed by atoms with Crippen LogP contribution in [0.1, 0.15) is 29.4 Å². The van der Waals surface area contributed by atoms with E-state index in [0.717, 1.165) is 5.69 Å². The van der Waals surface area contributed by atoms with Crippen molar-refractivity contribution in [2.75, 3.05) is 0 Å². The number of terminal acetylenes is 1. The Morgan fingerprint density at radius 1 is 1.67 bits per heavy atom. The van der Waals surface area contributed by atoms with E-state index < -0.39 is 0 Å². The van der Waals surface area contributed by atoms with Crippen LogP contribution >= 0.6 is 0 Å². The van der Waals surface area contributed by atoms with Crippen molar-refractivity contribution in [1.82, 2.24) is 10.3 Å². The van der Waals surface area contributed by atoms with Gasteiger partial charge in [-0.15, -0.1) is 12.3 Å². The molecule has 0 saturated heterocycles. The van der Waals surface area contributed by atoms with Crippen molar-refractivity contribution in [1.29, 1.82) is 0 Å². The number of aryl methyl sites for hydroxylation is 1. The van der Waals surface area contributed by atoms with Gasteiger partial charge in [-0.1, -0.05) is 0 Å². The summed E-state index contributed by atoms with van der Waals surface area (Å²) in [6.45, 7) is 3.75. The van der Waals surface area contributed by atoms with E-state index >= 15 is 0 Å². The van der Waals surface area contributed by atoms with Gasteiger partial charge in [0.25, 0.3) is 5.91 Å². The van der Waals surface area contributed by atoms with Gasteiger partial charge in [-0.25, -0.2) is 0 Å². The highest BCUT2D eigenvalue weighted by molar-refractivity contribution is 5.94. The van der Waals surface area contributed by atoms with Crippen LogP contribution < -0.4 is 5.32 Å². The summed E-state index contributed by atoms with van der Waals surface area (Å²) >= 11 is 0. The topological polar surface area (TPSA) is 42.0 Å². The molecule has 0 radical (unpaired) electrons. The van der Waals surface area contributed by atoms with E-state index in [1.165, 1.54) is 0 Å². The van der Waals surface area contributed by atoms with E-state index in [4.69, 9.17) is 6.42 Å². The van der Waals surface area contributed by atoms with Crippen LogP contribution in [0.3, 0.4) is 0 Å². The molecule has 3 heteroatoms. The predicted molar refractivity (Wildman–Crippen MR) is 59.4 cm³/mol. The third-order valence-electron chi connectivity index (χ3n) is 1.98. The number of carbonyl (C=O) groups excluding carboxylic acids is 1. The minimum atomic E-state index is -0.134. The molecule has 0 aliphatic carbocycles. The number of aromatic nitrogens is 1. The van der Waals surface area contributed by atoms with Gasteiger partial charge < -0.3 is 5.32 Å². The van der Waals surface area contributed by atoms with Crippen LogP contribution in [-0.4, -0.2) is 16.9 Å². The highest BCUT2D eigenvalue weighted by Crippen LogP contribution is 2.00. The van der Waals surface area contributed by atoms with Crippen LogP contribution in [-0.2, 0) is 0 Å². The van der Waals surface area contributed by atoms with Gasteiger partial charge in [0.15, 0.2) is 0 Å². The SMILES string of the molecule is C#CCC(C)NC(=O)c1ccc(C)nc1. The first kappa shape index (κ1) is 11.3. The van der Waals surface area contributed by atoms with Gasteiger partial charge in [0.05, 0.1) is 5.56 Å². The van der Waals surface area contributed by atoms with Crippen LogP contribution in [0.15, 0.2) is 18.3 Å². The van der Waals surface area contributed by atoms with E-state index in [0.29, 0.717) is 12.0 Å². The molecule has 1 rings (SSSR count). The second-order valence-corrected chi connectivity index (χ2v) is 3.47. The average molecular weight is 202 g/mol. The number of amides is 1. The van der Waals surface area contributed by atoms with Crippen molar-refractivity contribution < 1.29 is 4.79 Å². The fourth-order valence-corrected chi connectivity index (χ4v) is 1.14. The lowest BCUT2D eigenvalue weighted by Crippen LogP contribution is -2.32. The smallest absolute Gasteiger partial charge is 0.253 e. The normalized spacial score (nSPS) is 11.5. The van der Waals surface area contributed by atoms with Crippen molar-refractivity contribution >= 4 is 5.91 Å². The Hall–Kier alpha value is -1.82. The molecule has 0 spiro atoms. The zero-order chi connectivity index (χ0) is 11.3. The molecule has 1 aromatic heterocycles. The number of rotatable bonds is 3. The van der Waals surface area contributed by atoms with Crippen molar-refractivity contribution in [3.05, 3.63) is 29.6 Å². The van der Waals surface area contributed by atoms with Gasteiger partial charge in [0.1, 0.15) is 0 Å². The molecule has 1 N–H and O–H groups in total. The second kappa shape index (κ2) is 5.16. The van der Waals surface area contributed by atoms with Gasteiger partial charge in [0.2, 0.25) is 0 Å².